The van der Waals surface area contributed by atoms with Crippen LogP contribution in [0, 0.1) is 6.92 Å². The fraction of sp³-hybridized carbons (Fsp3) is 0.250. The fourth-order valence-electron chi connectivity index (χ4n) is 3.29. The number of aromatic nitrogens is 2. The zero-order chi connectivity index (χ0) is 19.8. The molecule has 2 aromatic heterocycles. The summed E-state index contributed by atoms with van der Waals surface area (Å²) in [5.74, 6) is 2.09. The molecule has 5 rings (SSSR count). The Morgan fingerprint density at radius 2 is 2.17 bits per heavy atom. The topological polar surface area (TPSA) is 95.7 Å². The van der Waals surface area contributed by atoms with Crippen molar-refractivity contribution in [2.45, 2.75) is 20.0 Å². The number of nitrogens with zero attached hydrogens (tertiary/aromatic N) is 2. The highest BCUT2D eigenvalue weighted by Crippen LogP contribution is 2.42. The minimum atomic E-state index is -0.250. The average Bonchev–Trinajstić information content (AvgIpc) is 3.43. The maximum Gasteiger partial charge on any atom is 0.261 e. The van der Waals surface area contributed by atoms with E-state index in [-0.39, 0.29) is 12.7 Å². The molecule has 0 fully saturated rings. The highest BCUT2D eigenvalue weighted by molar-refractivity contribution is 7.17. The van der Waals surface area contributed by atoms with Gasteiger partial charge in [0, 0.05) is 11.0 Å². The molecular weight excluding hydrogens is 394 g/mol. The molecular formula is C20H17N3O5S. The predicted octanol–water partition coefficient (Wildman–Crippen LogP) is 3.56. The van der Waals surface area contributed by atoms with Gasteiger partial charge < -0.3 is 24.1 Å². The molecule has 8 nitrogen and oxygen atoms in total. The molecule has 9 heteroatoms. The second-order valence-corrected chi connectivity index (χ2v) is 7.70. The first-order chi connectivity index (χ1) is 14.2. The number of carbonyl (C=O) groups is 1. The van der Waals surface area contributed by atoms with Crippen LogP contribution in [0.5, 0.6) is 11.5 Å². The Hall–Kier alpha value is -3.17. The van der Waals surface area contributed by atoms with Gasteiger partial charge in [-0.15, -0.1) is 11.3 Å². The summed E-state index contributed by atoms with van der Waals surface area (Å²) in [6.45, 7) is 3.12. The Bertz CT molecular complexity index is 1120. The molecule has 0 radical (unpaired) electrons. The van der Waals surface area contributed by atoms with Crippen molar-refractivity contribution in [3.05, 3.63) is 46.1 Å². The van der Waals surface area contributed by atoms with Crippen LogP contribution in [0.1, 0.15) is 21.8 Å². The van der Waals surface area contributed by atoms with Gasteiger partial charge in [-0.25, -0.2) is 0 Å². The third kappa shape index (κ3) is 3.50. The Morgan fingerprint density at radius 1 is 1.28 bits per heavy atom. The number of hydrogen-bond donors (Lipinski definition) is 1. The van der Waals surface area contributed by atoms with Crippen LogP contribution in [0.3, 0.4) is 0 Å². The van der Waals surface area contributed by atoms with Gasteiger partial charge in [-0.05, 0) is 42.7 Å². The van der Waals surface area contributed by atoms with Crippen LogP contribution in [-0.4, -0.2) is 29.4 Å². The second-order valence-electron chi connectivity index (χ2n) is 6.59. The SMILES string of the molecule is Cc1noc(-c2c(NC(=O)C=Cc3ccc4c(c3)OCO4)sc3c2CCOC3)n1. The predicted molar refractivity (Wildman–Crippen MR) is 106 cm³/mol. The number of carbonyl (C=O) groups excluding carboxylic acids is 1. The van der Waals surface area contributed by atoms with Crippen LogP contribution >= 0.6 is 11.3 Å². The van der Waals surface area contributed by atoms with Gasteiger partial charge in [0.1, 0.15) is 5.00 Å². The van der Waals surface area contributed by atoms with Gasteiger partial charge in [0.05, 0.1) is 18.8 Å². The van der Waals surface area contributed by atoms with Crippen LogP contribution in [0.15, 0.2) is 28.8 Å². The summed E-state index contributed by atoms with van der Waals surface area (Å²) in [4.78, 5) is 18.0. The summed E-state index contributed by atoms with van der Waals surface area (Å²) in [6.07, 6.45) is 3.95. The first-order valence-corrected chi connectivity index (χ1v) is 9.91. The molecule has 2 aliphatic rings. The molecule has 29 heavy (non-hydrogen) atoms. The van der Waals surface area contributed by atoms with Crippen LogP contribution < -0.4 is 14.8 Å². The van der Waals surface area contributed by atoms with Gasteiger partial charge in [0.25, 0.3) is 5.89 Å². The number of thiophene rings is 1. The minimum absolute atomic E-state index is 0.216. The lowest BCUT2D eigenvalue weighted by molar-refractivity contribution is -0.111. The Balaban J connectivity index is 1.40. The van der Waals surface area contributed by atoms with Crippen molar-refractivity contribution < 1.29 is 23.5 Å². The molecule has 148 valence electrons. The van der Waals surface area contributed by atoms with E-state index in [0.29, 0.717) is 41.4 Å². The van der Waals surface area contributed by atoms with Crippen LogP contribution in [0.25, 0.3) is 17.5 Å². The Kier molecular flexibility index (Phi) is 4.53. The largest absolute Gasteiger partial charge is 0.454 e. The Morgan fingerprint density at radius 3 is 3.03 bits per heavy atom. The summed E-state index contributed by atoms with van der Waals surface area (Å²) in [5, 5.41) is 7.52. The van der Waals surface area contributed by atoms with Crippen LogP contribution in [-0.2, 0) is 22.6 Å². The van der Waals surface area contributed by atoms with E-state index in [9.17, 15) is 4.79 Å². The molecule has 0 spiro atoms. The highest BCUT2D eigenvalue weighted by Gasteiger charge is 2.26. The molecule has 4 heterocycles. The van der Waals surface area contributed by atoms with E-state index in [1.54, 1.807) is 13.0 Å². The molecule has 1 aromatic carbocycles. The maximum absolute atomic E-state index is 12.6. The monoisotopic (exact) mass is 411 g/mol. The molecule has 0 atom stereocenters. The number of fused-ring (bicyclic) bond motifs is 2. The van der Waals surface area contributed by atoms with Crippen molar-refractivity contribution in [2.75, 3.05) is 18.7 Å². The van der Waals surface area contributed by atoms with Gasteiger partial charge in [-0.3, -0.25) is 4.79 Å². The van der Waals surface area contributed by atoms with Crippen molar-refractivity contribution in [1.82, 2.24) is 10.1 Å². The average molecular weight is 411 g/mol. The number of anilines is 1. The second kappa shape index (κ2) is 7.34. The van der Waals surface area contributed by atoms with E-state index in [1.807, 2.05) is 18.2 Å². The van der Waals surface area contributed by atoms with E-state index in [1.165, 1.54) is 17.4 Å². The number of aryl methyl sites for hydroxylation is 1. The van der Waals surface area contributed by atoms with Crippen LogP contribution in [0.4, 0.5) is 5.00 Å². The summed E-state index contributed by atoms with van der Waals surface area (Å²) in [6, 6.07) is 5.52. The standard InChI is InChI=1S/C20H17N3O5S/c1-11-21-19(28-23-11)18-13-6-7-25-9-16(13)29-20(18)22-17(24)5-3-12-2-4-14-15(8-12)27-10-26-14/h2-5,8H,6-7,9-10H2,1H3,(H,22,24). The first-order valence-electron chi connectivity index (χ1n) is 9.09. The maximum atomic E-state index is 12.6. The van der Waals surface area contributed by atoms with Crippen molar-refractivity contribution in [3.63, 3.8) is 0 Å². The summed E-state index contributed by atoms with van der Waals surface area (Å²) in [5.41, 5.74) is 2.73. The molecule has 0 saturated heterocycles. The lowest BCUT2D eigenvalue weighted by Crippen LogP contribution is -2.09. The quantitative estimate of drug-likeness (QED) is 0.656. The van der Waals surface area contributed by atoms with E-state index in [4.69, 9.17) is 18.7 Å². The molecule has 0 bridgehead atoms. The van der Waals surface area contributed by atoms with Gasteiger partial charge in [-0.2, -0.15) is 4.98 Å². The Labute approximate surface area is 170 Å². The van der Waals surface area contributed by atoms with Crippen molar-refractivity contribution in [3.8, 4) is 23.0 Å². The van der Waals surface area contributed by atoms with Gasteiger partial charge >= 0.3 is 0 Å². The molecule has 2 aliphatic heterocycles. The van der Waals surface area contributed by atoms with Crippen LogP contribution in [0.2, 0.25) is 0 Å². The van der Waals surface area contributed by atoms with E-state index < -0.39 is 0 Å². The molecule has 3 aromatic rings. The number of amides is 1. The summed E-state index contributed by atoms with van der Waals surface area (Å²) in [7, 11) is 0. The van der Waals surface area contributed by atoms with Gasteiger partial charge in [-0.1, -0.05) is 11.2 Å². The number of hydrogen-bond acceptors (Lipinski definition) is 8. The van der Waals surface area contributed by atoms with Crippen molar-refractivity contribution in [1.29, 1.82) is 0 Å². The third-order valence-electron chi connectivity index (χ3n) is 4.62. The zero-order valence-corrected chi connectivity index (χ0v) is 16.4. The lowest BCUT2D eigenvalue weighted by atomic mass is 10.1. The minimum Gasteiger partial charge on any atom is -0.454 e. The number of nitrogens with one attached hydrogen (secondary N) is 1. The molecule has 0 aliphatic carbocycles. The fourth-order valence-corrected chi connectivity index (χ4v) is 4.47. The molecule has 0 saturated carbocycles. The normalized spacial score (nSPS) is 14.9. The zero-order valence-electron chi connectivity index (χ0n) is 15.6. The smallest absolute Gasteiger partial charge is 0.261 e. The third-order valence-corrected chi connectivity index (χ3v) is 5.74. The molecule has 1 N–H and O–H groups in total. The number of rotatable bonds is 4. The summed E-state index contributed by atoms with van der Waals surface area (Å²) < 4.78 is 21.6. The number of benzene rings is 1. The highest BCUT2D eigenvalue weighted by atomic mass is 32.1. The van der Waals surface area contributed by atoms with Crippen molar-refractivity contribution in [2.24, 2.45) is 0 Å². The summed E-state index contributed by atoms with van der Waals surface area (Å²) >= 11 is 1.48. The lowest BCUT2D eigenvalue weighted by Gasteiger charge is -2.12. The molecule has 0 unspecified atom stereocenters. The van der Waals surface area contributed by atoms with Crippen molar-refractivity contribution >= 4 is 28.3 Å². The van der Waals surface area contributed by atoms with Gasteiger partial charge in [0.15, 0.2) is 17.3 Å². The molecule has 1 amide bonds. The number of ether oxygens (including phenoxy) is 3. The first kappa shape index (κ1) is 17.9. The van der Waals surface area contributed by atoms with E-state index in [2.05, 4.69) is 15.5 Å². The van der Waals surface area contributed by atoms with E-state index in [0.717, 1.165) is 28.0 Å². The van der Waals surface area contributed by atoms with E-state index >= 15 is 0 Å². The van der Waals surface area contributed by atoms with Gasteiger partial charge in [0.2, 0.25) is 12.7 Å².